The van der Waals surface area contributed by atoms with Crippen molar-refractivity contribution in [1.29, 1.82) is 0 Å². The highest BCUT2D eigenvalue weighted by Gasteiger charge is 2.08. The van der Waals surface area contributed by atoms with Gasteiger partial charge < -0.3 is 14.4 Å². The highest BCUT2D eigenvalue weighted by Crippen LogP contribution is 2.25. The standard InChI is InChI=1S/C18H17NO3/c1-11-8-15-16(19-20)10-17(22-18(15)9-12(11)2)13-4-6-14(21-3)7-5-13/h4-10,20H,1-3H3. The Morgan fingerprint density at radius 2 is 1.68 bits per heavy atom. The van der Waals surface area contributed by atoms with Gasteiger partial charge in [0.1, 0.15) is 22.5 Å². The molecule has 2 aromatic carbocycles. The predicted octanol–water partition coefficient (Wildman–Crippen LogP) is 4.02. The van der Waals surface area contributed by atoms with E-state index in [0.29, 0.717) is 16.7 Å². The van der Waals surface area contributed by atoms with Crippen LogP contribution in [0.1, 0.15) is 11.1 Å². The lowest BCUT2D eigenvalue weighted by Crippen LogP contribution is -2.04. The van der Waals surface area contributed by atoms with Crippen molar-refractivity contribution in [1.82, 2.24) is 0 Å². The molecule has 4 heteroatoms. The first-order valence-corrected chi connectivity index (χ1v) is 7.00. The predicted molar refractivity (Wildman–Crippen MR) is 85.0 cm³/mol. The molecule has 4 nitrogen and oxygen atoms in total. The van der Waals surface area contributed by atoms with Crippen LogP contribution in [0.5, 0.6) is 5.75 Å². The second-order valence-electron chi connectivity index (χ2n) is 5.26. The summed E-state index contributed by atoms with van der Waals surface area (Å²) >= 11 is 0. The van der Waals surface area contributed by atoms with Crippen LogP contribution in [0.2, 0.25) is 0 Å². The van der Waals surface area contributed by atoms with E-state index in [9.17, 15) is 5.21 Å². The summed E-state index contributed by atoms with van der Waals surface area (Å²) in [4.78, 5) is 0. The summed E-state index contributed by atoms with van der Waals surface area (Å²) in [5.74, 6) is 1.43. The van der Waals surface area contributed by atoms with Gasteiger partial charge in [0.05, 0.1) is 7.11 Å². The Morgan fingerprint density at radius 3 is 2.32 bits per heavy atom. The molecule has 0 saturated heterocycles. The fourth-order valence-electron chi connectivity index (χ4n) is 2.40. The number of methoxy groups -OCH3 is 1. The molecule has 0 aliphatic rings. The Kier molecular flexibility index (Phi) is 3.59. The van der Waals surface area contributed by atoms with Gasteiger partial charge in [0, 0.05) is 17.0 Å². The van der Waals surface area contributed by atoms with Gasteiger partial charge in [-0.1, -0.05) is 5.16 Å². The van der Waals surface area contributed by atoms with E-state index >= 15 is 0 Å². The van der Waals surface area contributed by atoms with Crippen molar-refractivity contribution in [2.45, 2.75) is 13.8 Å². The molecule has 0 fully saturated rings. The monoisotopic (exact) mass is 295 g/mol. The van der Waals surface area contributed by atoms with E-state index < -0.39 is 0 Å². The summed E-state index contributed by atoms with van der Waals surface area (Å²) < 4.78 is 11.1. The van der Waals surface area contributed by atoms with Crippen LogP contribution in [0.3, 0.4) is 0 Å². The van der Waals surface area contributed by atoms with Gasteiger partial charge in [0.25, 0.3) is 0 Å². The molecule has 0 aliphatic heterocycles. The summed E-state index contributed by atoms with van der Waals surface area (Å²) in [7, 11) is 1.63. The van der Waals surface area contributed by atoms with Crippen LogP contribution in [-0.2, 0) is 0 Å². The van der Waals surface area contributed by atoms with E-state index in [-0.39, 0.29) is 0 Å². The van der Waals surface area contributed by atoms with Crippen LogP contribution < -0.4 is 10.1 Å². The zero-order valence-electron chi connectivity index (χ0n) is 12.8. The lowest BCUT2D eigenvalue weighted by atomic mass is 10.1. The zero-order valence-corrected chi connectivity index (χ0v) is 12.8. The lowest BCUT2D eigenvalue weighted by molar-refractivity contribution is 0.302. The highest BCUT2D eigenvalue weighted by molar-refractivity contribution is 5.80. The van der Waals surface area contributed by atoms with Crippen molar-refractivity contribution >= 4 is 11.0 Å². The van der Waals surface area contributed by atoms with Crippen molar-refractivity contribution in [2.24, 2.45) is 5.16 Å². The molecule has 0 radical (unpaired) electrons. The normalized spacial score (nSPS) is 11.9. The number of hydrogen-bond donors (Lipinski definition) is 1. The van der Waals surface area contributed by atoms with Gasteiger partial charge >= 0.3 is 0 Å². The average molecular weight is 295 g/mol. The summed E-state index contributed by atoms with van der Waals surface area (Å²) in [5.41, 5.74) is 3.85. The molecule has 3 aromatic rings. The van der Waals surface area contributed by atoms with Crippen molar-refractivity contribution in [3.05, 3.63) is 58.9 Å². The second kappa shape index (κ2) is 5.56. The summed E-state index contributed by atoms with van der Waals surface area (Å²) in [6, 6.07) is 13.2. The number of aryl methyl sites for hydroxylation is 2. The highest BCUT2D eigenvalue weighted by atomic mass is 16.5. The first-order chi connectivity index (χ1) is 10.6. The third kappa shape index (κ3) is 2.44. The van der Waals surface area contributed by atoms with Crippen LogP contribution in [0, 0.1) is 13.8 Å². The molecule has 0 atom stereocenters. The molecule has 0 saturated carbocycles. The third-order valence-electron chi connectivity index (χ3n) is 3.84. The molecule has 0 aliphatic carbocycles. The first-order valence-electron chi connectivity index (χ1n) is 7.00. The topological polar surface area (TPSA) is 55.0 Å². The Hall–Kier alpha value is -2.75. The molecule has 0 bridgehead atoms. The molecular formula is C18H17NO3. The van der Waals surface area contributed by atoms with E-state index in [4.69, 9.17) is 9.15 Å². The average Bonchev–Trinajstić information content (AvgIpc) is 2.55. The van der Waals surface area contributed by atoms with Gasteiger partial charge in [-0.05, 0) is 61.4 Å². The van der Waals surface area contributed by atoms with Crippen molar-refractivity contribution in [3.8, 4) is 17.1 Å². The summed E-state index contributed by atoms with van der Waals surface area (Å²) in [6.45, 7) is 4.05. The Labute approximate surface area is 128 Å². The third-order valence-corrected chi connectivity index (χ3v) is 3.84. The number of benzene rings is 2. The van der Waals surface area contributed by atoms with Gasteiger partial charge in [0.15, 0.2) is 0 Å². The van der Waals surface area contributed by atoms with Gasteiger partial charge in [-0.25, -0.2) is 0 Å². The Morgan fingerprint density at radius 1 is 1.00 bits per heavy atom. The smallest absolute Gasteiger partial charge is 0.137 e. The molecule has 1 aromatic heterocycles. The maximum Gasteiger partial charge on any atom is 0.137 e. The Bertz CT molecular complexity index is 893. The van der Waals surface area contributed by atoms with Crippen molar-refractivity contribution in [2.75, 3.05) is 7.11 Å². The van der Waals surface area contributed by atoms with Crippen LogP contribution in [-0.4, -0.2) is 12.3 Å². The molecular weight excluding hydrogens is 278 g/mol. The van der Waals surface area contributed by atoms with E-state index in [1.54, 1.807) is 13.2 Å². The maximum atomic E-state index is 9.31. The van der Waals surface area contributed by atoms with E-state index in [1.165, 1.54) is 0 Å². The zero-order chi connectivity index (χ0) is 15.7. The van der Waals surface area contributed by atoms with E-state index in [1.807, 2.05) is 50.2 Å². The van der Waals surface area contributed by atoms with Gasteiger partial charge in [-0.3, -0.25) is 0 Å². The SMILES string of the molecule is COc1ccc(-c2cc(=NO)c3cc(C)c(C)cc3o2)cc1. The second-order valence-corrected chi connectivity index (χ2v) is 5.26. The van der Waals surface area contributed by atoms with Gasteiger partial charge in [-0.2, -0.15) is 0 Å². The number of hydrogen-bond acceptors (Lipinski definition) is 4. The molecule has 0 spiro atoms. The molecule has 22 heavy (non-hydrogen) atoms. The van der Waals surface area contributed by atoms with E-state index in [0.717, 1.165) is 27.8 Å². The molecule has 1 N–H and O–H groups in total. The largest absolute Gasteiger partial charge is 0.497 e. The minimum atomic E-state index is 0.496. The number of nitrogens with zero attached hydrogens (tertiary/aromatic N) is 1. The number of rotatable bonds is 2. The lowest BCUT2D eigenvalue weighted by Gasteiger charge is -2.07. The number of fused-ring (bicyclic) bond motifs is 1. The van der Waals surface area contributed by atoms with Crippen LogP contribution in [0.15, 0.2) is 52.0 Å². The minimum absolute atomic E-state index is 0.496. The fraction of sp³-hybridized carbons (Fsp3) is 0.167. The van der Waals surface area contributed by atoms with Crippen molar-refractivity contribution in [3.63, 3.8) is 0 Å². The van der Waals surface area contributed by atoms with Crippen molar-refractivity contribution < 1.29 is 14.4 Å². The quantitative estimate of drug-likeness (QED) is 0.574. The van der Waals surface area contributed by atoms with Gasteiger partial charge in [0.2, 0.25) is 0 Å². The Balaban J connectivity index is 2.24. The molecule has 112 valence electrons. The molecule has 3 rings (SSSR count). The van der Waals surface area contributed by atoms with Crippen LogP contribution >= 0.6 is 0 Å². The van der Waals surface area contributed by atoms with E-state index in [2.05, 4.69) is 5.16 Å². The number of ether oxygens (including phenoxy) is 1. The molecule has 0 unspecified atom stereocenters. The van der Waals surface area contributed by atoms with Crippen LogP contribution in [0.25, 0.3) is 22.3 Å². The fourth-order valence-corrected chi connectivity index (χ4v) is 2.40. The molecule has 1 heterocycles. The van der Waals surface area contributed by atoms with Crippen LogP contribution in [0.4, 0.5) is 0 Å². The maximum absolute atomic E-state index is 9.31. The summed E-state index contributed by atoms with van der Waals surface area (Å²) in [5, 5.41) is 14.0. The summed E-state index contributed by atoms with van der Waals surface area (Å²) in [6.07, 6.45) is 0. The first kappa shape index (κ1) is 14.2. The minimum Gasteiger partial charge on any atom is -0.497 e. The molecule has 0 amide bonds. The van der Waals surface area contributed by atoms with Gasteiger partial charge in [-0.15, -0.1) is 0 Å².